The Hall–Kier alpha value is -1.43. The maximum absolute atomic E-state index is 12.4. The van der Waals surface area contributed by atoms with E-state index in [4.69, 9.17) is 11.6 Å². The Bertz CT molecular complexity index is 728. The van der Waals surface area contributed by atoms with E-state index in [1.165, 1.54) is 23.9 Å². The predicted molar refractivity (Wildman–Crippen MR) is 89.6 cm³/mol. The van der Waals surface area contributed by atoms with Crippen LogP contribution in [0.5, 0.6) is 0 Å². The second-order valence-corrected chi connectivity index (χ2v) is 7.34. The molecule has 0 bridgehead atoms. The summed E-state index contributed by atoms with van der Waals surface area (Å²) in [6.45, 7) is 3.66. The third kappa shape index (κ3) is 4.27. The third-order valence-corrected chi connectivity index (χ3v) is 5.31. The van der Waals surface area contributed by atoms with Crippen molar-refractivity contribution in [3.63, 3.8) is 0 Å². The minimum Gasteiger partial charge on any atom is -0.278 e. The Morgan fingerprint density at radius 2 is 1.81 bits per heavy atom. The number of hydrogen-bond acceptors (Lipinski definition) is 3. The summed E-state index contributed by atoms with van der Waals surface area (Å²) in [6.07, 6.45) is 1.77. The summed E-state index contributed by atoms with van der Waals surface area (Å²) in [5, 5.41) is 0.496. The standard InChI is InChI=1S/C15H14ClNO2S2/c1-2-11-20-15-6-4-3-5-14(15)17-21(18,19)13-9-7-12(16)8-10-13/h2-10,17H,1,11H2. The second kappa shape index (κ2) is 7.02. The van der Waals surface area contributed by atoms with Crippen LogP contribution < -0.4 is 4.72 Å². The van der Waals surface area contributed by atoms with Crippen LogP contribution in [0.4, 0.5) is 5.69 Å². The molecule has 21 heavy (non-hydrogen) atoms. The highest BCUT2D eigenvalue weighted by molar-refractivity contribution is 7.99. The van der Waals surface area contributed by atoms with E-state index in [0.29, 0.717) is 16.5 Å². The molecule has 0 aliphatic carbocycles. The molecule has 3 nitrogen and oxygen atoms in total. The first-order valence-corrected chi connectivity index (χ1v) is 8.99. The molecule has 0 saturated carbocycles. The minimum absolute atomic E-state index is 0.176. The van der Waals surface area contributed by atoms with Gasteiger partial charge in [-0.1, -0.05) is 29.8 Å². The van der Waals surface area contributed by atoms with Crippen LogP contribution in [0.1, 0.15) is 0 Å². The lowest BCUT2D eigenvalue weighted by Crippen LogP contribution is -2.13. The number of thioether (sulfide) groups is 1. The molecule has 0 aliphatic heterocycles. The molecule has 0 fully saturated rings. The zero-order valence-electron chi connectivity index (χ0n) is 11.1. The number of hydrogen-bond donors (Lipinski definition) is 1. The monoisotopic (exact) mass is 339 g/mol. The van der Waals surface area contributed by atoms with Gasteiger partial charge in [0, 0.05) is 15.7 Å². The van der Waals surface area contributed by atoms with Crippen molar-refractivity contribution in [3.8, 4) is 0 Å². The molecule has 0 saturated heterocycles. The lowest BCUT2D eigenvalue weighted by Gasteiger charge is -2.11. The zero-order valence-corrected chi connectivity index (χ0v) is 13.5. The van der Waals surface area contributed by atoms with Crippen molar-refractivity contribution < 1.29 is 8.42 Å². The molecule has 110 valence electrons. The van der Waals surface area contributed by atoms with Crippen LogP contribution in [0, 0.1) is 0 Å². The first kappa shape index (κ1) is 15.9. The Morgan fingerprint density at radius 1 is 1.14 bits per heavy atom. The van der Waals surface area contributed by atoms with Gasteiger partial charge in [0.1, 0.15) is 0 Å². The molecule has 2 aromatic rings. The van der Waals surface area contributed by atoms with Crippen molar-refractivity contribution in [1.29, 1.82) is 0 Å². The van der Waals surface area contributed by atoms with Gasteiger partial charge in [0.2, 0.25) is 0 Å². The van der Waals surface area contributed by atoms with Gasteiger partial charge < -0.3 is 0 Å². The third-order valence-electron chi connectivity index (χ3n) is 2.61. The fourth-order valence-corrected chi connectivity index (χ4v) is 3.66. The summed E-state index contributed by atoms with van der Waals surface area (Å²) in [6, 6.07) is 13.3. The molecule has 0 aromatic heterocycles. The number of nitrogens with one attached hydrogen (secondary N) is 1. The van der Waals surface area contributed by atoms with Gasteiger partial charge in [-0.25, -0.2) is 8.42 Å². The average molecular weight is 340 g/mol. The van der Waals surface area contributed by atoms with Gasteiger partial charge in [0.25, 0.3) is 10.0 Å². The van der Waals surface area contributed by atoms with E-state index < -0.39 is 10.0 Å². The zero-order chi connectivity index (χ0) is 15.3. The first-order valence-electron chi connectivity index (χ1n) is 6.14. The van der Waals surface area contributed by atoms with Crippen LogP contribution in [-0.4, -0.2) is 14.2 Å². The van der Waals surface area contributed by atoms with E-state index in [0.717, 1.165) is 4.90 Å². The van der Waals surface area contributed by atoms with Crippen LogP contribution in [0.25, 0.3) is 0 Å². The summed E-state index contributed by atoms with van der Waals surface area (Å²) in [4.78, 5) is 1.03. The van der Waals surface area contributed by atoms with Gasteiger partial charge >= 0.3 is 0 Å². The SMILES string of the molecule is C=CCSc1ccccc1NS(=O)(=O)c1ccc(Cl)cc1. The molecule has 0 amide bonds. The molecule has 0 atom stereocenters. The Balaban J connectivity index is 2.28. The van der Waals surface area contributed by atoms with Crippen LogP contribution >= 0.6 is 23.4 Å². The maximum atomic E-state index is 12.4. The maximum Gasteiger partial charge on any atom is 0.261 e. The van der Waals surface area contributed by atoms with E-state index in [2.05, 4.69) is 11.3 Å². The van der Waals surface area contributed by atoms with Gasteiger partial charge in [-0.15, -0.1) is 18.3 Å². The summed E-state index contributed by atoms with van der Waals surface area (Å²) in [7, 11) is -3.63. The highest BCUT2D eigenvalue weighted by Crippen LogP contribution is 2.29. The number of rotatable bonds is 6. The van der Waals surface area contributed by atoms with Crippen molar-refractivity contribution in [2.45, 2.75) is 9.79 Å². The molecule has 0 heterocycles. The molecule has 0 radical (unpaired) electrons. The minimum atomic E-state index is -3.63. The summed E-state index contributed by atoms with van der Waals surface area (Å²) in [5.74, 6) is 0.708. The summed E-state index contributed by atoms with van der Waals surface area (Å²) < 4.78 is 27.3. The fourth-order valence-electron chi connectivity index (χ4n) is 1.64. The predicted octanol–water partition coefficient (Wildman–Crippen LogP) is 4.42. The van der Waals surface area contributed by atoms with Crippen molar-refractivity contribution in [3.05, 3.63) is 66.2 Å². The molecule has 1 N–H and O–H groups in total. The highest BCUT2D eigenvalue weighted by Gasteiger charge is 2.15. The van der Waals surface area contributed by atoms with Gasteiger partial charge in [0.15, 0.2) is 0 Å². The number of anilines is 1. The summed E-state index contributed by atoms with van der Waals surface area (Å²) >= 11 is 7.30. The molecular formula is C15H14ClNO2S2. The molecular weight excluding hydrogens is 326 g/mol. The number of para-hydroxylation sites is 1. The van der Waals surface area contributed by atoms with Crippen LogP contribution in [0.2, 0.25) is 5.02 Å². The molecule has 2 aromatic carbocycles. The van der Waals surface area contributed by atoms with Crippen LogP contribution in [-0.2, 0) is 10.0 Å². The Kier molecular flexibility index (Phi) is 5.33. The van der Waals surface area contributed by atoms with Crippen molar-refractivity contribution >= 4 is 39.1 Å². The normalized spacial score (nSPS) is 11.1. The molecule has 0 unspecified atom stereocenters. The van der Waals surface area contributed by atoms with Gasteiger partial charge in [-0.2, -0.15) is 0 Å². The molecule has 0 aliphatic rings. The quantitative estimate of drug-likeness (QED) is 0.626. The summed E-state index contributed by atoms with van der Waals surface area (Å²) in [5.41, 5.74) is 0.555. The van der Waals surface area contributed by atoms with Crippen LogP contribution in [0.3, 0.4) is 0 Å². The van der Waals surface area contributed by atoms with Gasteiger partial charge in [0.05, 0.1) is 10.6 Å². The topological polar surface area (TPSA) is 46.2 Å². The smallest absolute Gasteiger partial charge is 0.261 e. The lowest BCUT2D eigenvalue weighted by atomic mass is 10.3. The van der Waals surface area contributed by atoms with E-state index in [1.807, 2.05) is 12.1 Å². The first-order chi connectivity index (χ1) is 10.0. The highest BCUT2D eigenvalue weighted by atomic mass is 35.5. The van der Waals surface area contributed by atoms with Gasteiger partial charge in [-0.3, -0.25) is 4.72 Å². The van der Waals surface area contributed by atoms with Crippen molar-refractivity contribution in [2.75, 3.05) is 10.5 Å². The number of sulfonamides is 1. The molecule has 2 rings (SSSR count). The number of halogens is 1. The molecule has 6 heteroatoms. The van der Waals surface area contributed by atoms with Crippen molar-refractivity contribution in [1.82, 2.24) is 0 Å². The fraction of sp³-hybridized carbons (Fsp3) is 0.0667. The van der Waals surface area contributed by atoms with E-state index in [1.54, 1.807) is 30.3 Å². The number of benzene rings is 2. The van der Waals surface area contributed by atoms with Crippen molar-refractivity contribution in [2.24, 2.45) is 0 Å². The van der Waals surface area contributed by atoms with E-state index in [9.17, 15) is 8.42 Å². The second-order valence-electron chi connectivity index (χ2n) is 4.16. The Labute approximate surface area is 134 Å². The van der Waals surface area contributed by atoms with E-state index >= 15 is 0 Å². The molecule has 0 spiro atoms. The van der Waals surface area contributed by atoms with Crippen LogP contribution in [0.15, 0.2) is 71.0 Å². The largest absolute Gasteiger partial charge is 0.278 e. The lowest BCUT2D eigenvalue weighted by molar-refractivity contribution is 0.601. The van der Waals surface area contributed by atoms with Gasteiger partial charge in [-0.05, 0) is 36.4 Å². The average Bonchev–Trinajstić information content (AvgIpc) is 2.46. The Morgan fingerprint density at radius 3 is 2.48 bits per heavy atom. The van der Waals surface area contributed by atoms with E-state index in [-0.39, 0.29) is 4.90 Å².